The SMILES string of the molecule is CC1CCCN(c2nc(C(F)(F)F)c(C(=O)Nc3ccc(N[C@@H]4CCN(C(=O)Nc5ccccc5F)C4)nc3)o2)C1. The molecule has 4 heterocycles. The molecule has 2 aliphatic heterocycles. The zero-order valence-electron chi connectivity index (χ0n) is 22.2. The summed E-state index contributed by atoms with van der Waals surface area (Å²) in [7, 11) is 0. The van der Waals surface area contributed by atoms with Gasteiger partial charge in [-0.3, -0.25) is 4.79 Å². The van der Waals surface area contributed by atoms with Gasteiger partial charge in [0.25, 0.3) is 11.9 Å². The standard InChI is InChI=1S/C27H29F4N7O3/c1-16-5-4-11-38(14-16)26-36-23(27(29,30)31)22(41-26)24(39)34-17-8-9-21(32-13-17)33-18-10-12-37(15-18)25(40)35-20-7-3-2-6-19(20)28/h2-3,6-9,13,16,18H,4-5,10-12,14-15H2,1H3,(H,32,33)(H,34,39)(H,35,40)/t16?,18-/m1/s1. The van der Waals surface area contributed by atoms with Crippen LogP contribution in [0.4, 0.5) is 45.6 Å². The smallest absolute Gasteiger partial charge is 0.417 e. The number of halogens is 4. The molecule has 3 aromatic rings. The van der Waals surface area contributed by atoms with Crippen LogP contribution in [0.2, 0.25) is 0 Å². The fourth-order valence-electron chi connectivity index (χ4n) is 4.92. The van der Waals surface area contributed by atoms with Gasteiger partial charge in [-0.2, -0.15) is 18.2 Å². The van der Waals surface area contributed by atoms with Gasteiger partial charge in [-0.05, 0) is 49.4 Å². The number of carbonyl (C=O) groups is 2. The maximum absolute atomic E-state index is 13.8. The summed E-state index contributed by atoms with van der Waals surface area (Å²) < 4.78 is 60.2. The first kappa shape index (κ1) is 28.2. The maximum atomic E-state index is 13.8. The van der Waals surface area contributed by atoms with Crippen molar-refractivity contribution in [2.45, 2.75) is 38.4 Å². The highest BCUT2D eigenvalue weighted by atomic mass is 19.4. The molecule has 2 aliphatic rings. The van der Waals surface area contributed by atoms with Gasteiger partial charge in [-0.15, -0.1) is 0 Å². The number of carbonyl (C=O) groups excluding carboxylic acids is 2. The first-order chi connectivity index (χ1) is 19.6. The molecular weight excluding hydrogens is 546 g/mol. The van der Waals surface area contributed by atoms with Crippen molar-refractivity contribution in [1.82, 2.24) is 14.9 Å². The van der Waals surface area contributed by atoms with Gasteiger partial charge in [0, 0.05) is 32.2 Å². The molecule has 0 bridgehead atoms. The molecule has 41 heavy (non-hydrogen) atoms. The summed E-state index contributed by atoms with van der Waals surface area (Å²) >= 11 is 0. The zero-order valence-corrected chi connectivity index (χ0v) is 22.2. The fourth-order valence-corrected chi connectivity index (χ4v) is 4.92. The number of piperidine rings is 1. The largest absolute Gasteiger partial charge is 0.437 e. The fraction of sp³-hybridized carbons (Fsp3) is 0.407. The monoisotopic (exact) mass is 575 g/mol. The Bertz CT molecular complexity index is 1400. The Morgan fingerprint density at radius 1 is 1.05 bits per heavy atom. The van der Waals surface area contributed by atoms with E-state index >= 15 is 0 Å². The normalized spacial score (nSPS) is 19.2. The third-order valence-corrected chi connectivity index (χ3v) is 6.98. The summed E-state index contributed by atoms with van der Waals surface area (Å²) in [6.07, 6.45) is -1.21. The minimum absolute atomic E-state index is 0.0956. The van der Waals surface area contributed by atoms with Crippen LogP contribution in [0.5, 0.6) is 0 Å². The number of oxazole rings is 1. The van der Waals surface area contributed by atoms with Gasteiger partial charge >= 0.3 is 12.2 Å². The summed E-state index contributed by atoms with van der Waals surface area (Å²) in [5.74, 6) is -1.81. The van der Waals surface area contributed by atoms with Crippen molar-refractivity contribution >= 4 is 35.1 Å². The molecule has 218 valence electrons. The van der Waals surface area contributed by atoms with E-state index in [4.69, 9.17) is 4.42 Å². The van der Waals surface area contributed by atoms with E-state index in [0.29, 0.717) is 38.4 Å². The Morgan fingerprint density at radius 2 is 1.85 bits per heavy atom. The zero-order chi connectivity index (χ0) is 29.1. The van der Waals surface area contributed by atoms with Gasteiger partial charge in [0.15, 0.2) is 5.69 Å². The molecule has 1 aromatic carbocycles. The van der Waals surface area contributed by atoms with Gasteiger partial charge in [-0.25, -0.2) is 14.2 Å². The first-order valence-corrected chi connectivity index (χ1v) is 13.2. The number of nitrogens with one attached hydrogen (secondary N) is 3. The lowest BCUT2D eigenvalue weighted by Crippen LogP contribution is -2.35. The van der Waals surface area contributed by atoms with Gasteiger partial charge in [0.1, 0.15) is 11.6 Å². The molecule has 0 spiro atoms. The van der Waals surface area contributed by atoms with E-state index in [1.165, 1.54) is 30.5 Å². The van der Waals surface area contributed by atoms with Crippen LogP contribution in [0.3, 0.4) is 0 Å². The summed E-state index contributed by atoms with van der Waals surface area (Å²) in [4.78, 5) is 36.3. The third-order valence-electron chi connectivity index (χ3n) is 6.98. The first-order valence-electron chi connectivity index (χ1n) is 13.2. The van der Waals surface area contributed by atoms with Crippen molar-refractivity contribution in [3.63, 3.8) is 0 Å². The van der Waals surface area contributed by atoms with Crippen LogP contribution in [0, 0.1) is 11.7 Å². The molecule has 2 aromatic heterocycles. The summed E-state index contributed by atoms with van der Waals surface area (Å²) in [6.45, 7) is 3.78. The van der Waals surface area contributed by atoms with Crippen molar-refractivity contribution in [2.24, 2.45) is 5.92 Å². The van der Waals surface area contributed by atoms with E-state index in [0.717, 1.165) is 12.8 Å². The van der Waals surface area contributed by atoms with Crippen LogP contribution in [-0.4, -0.2) is 59.0 Å². The summed E-state index contributed by atoms with van der Waals surface area (Å²) in [6, 6.07) is 8.16. The van der Waals surface area contributed by atoms with Crippen LogP contribution in [-0.2, 0) is 6.18 Å². The molecule has 3 amide bonds. The number of hydrogen-bond acceptors (Lipinski definition) is 7. The third kappa shape index (κ3) is 6.69. The Labute approximate surface area is 233 Å². The van der Waals surface area contributed by atoms with Crippen molar-refractivity contribution in [3.8, 4) is 0 Å². The van der Waals surface area contributed by atoms with E-state index in [1.807, 2.05) is 6.92 Å². The Kier molecular flexibility index (Phi) is 7.99. The highest BCUT2D eigenvalue weighted by Gasteiger charge is 2.42. The second-order valence-electron chi connectivity index (χ2n) is 10.2. The number of benzene rings is 1. The number of para-hydroxylation sites is 1. The minimum atomic E-state index is -4.87. The average Bonchev–Trinajstić information content (AvgIpc) is 3.59. The maximum Gasteiger partial charge on any atom is 0.437 e. The lowest BCUT2D eigenvalue weighted by Gasteiger charge is -2.29. The van der Waals surface area contributed by atoms with E-state index in [2.05, 4.69) is 25.9 Å². The minimum Gasteiger partial charge on any atom is -0.417 e. The highest BCUT2D eigenvalue weighted by molar-refractivity contribution is 6.03. The predicted octanol–water partition coefficient (Wildman–Crippen LogP) is 5.43. The number of pyridine rings is 1. The average molecular weight is 576 g/mol. The molecule has 0 saturated carbocycles. The van der Waals surface area contributed by atoms with Gasteiger partial charge in [0.2, 0.25) is 5.76 Å². The molecule has 0 aliphatic carbocycles. The van der Waals surface area contributed by atoms with Crippen molar-refractivity contribution < 1.29 is 31.6 Å². The molecular formula is C27H29F4N7O3. The number of aromatic nitrogens is 2. The number of rotatable bonds is 6. The van der Waals surface area contributed by atoms with Crippen LogP contribution in [0.1, 0.15) is 42.4 Å². The molecule has 14 heteroatoms. The van der Waals surface area contributed by atoms with Crippen molar-refractivity contribution in [1.29, 1.82) is 0 Å². The number of amides is 3. The second-order valence-corrected chi connectivity index (χ2v) is 10.2. The lowest BCUT2D eigenvalue weighted by atomic mass is 10.0. The van der Waals surface area contributed by atoms with Crippen LogP contribution in [0.25, 0.3) is 0 Å². The van der Waals surface area contributed by atoms with Crippen molar-refractivity contribution in [3.05, 3.63) is 59.9 Å². The molecule has 2 fully saturated rings. The van der Waals surface area contributed by atoms with E-state index < -0.39 is 35.4 Å². The van der Waals surface area contributed by atoms with Gasteiger partial charge in [0.05, 0.1) is 17.6 Å². The Balaban J connectivity index is 1.18. The lowest BCUT2D eigenvalue weighted by molar-refractivity contribution is -0.141. The highest BCUT2D eigenvalue weighted by Crippen LogP contribution is 2.35. The molecule has 0 radical (unpaired) electrons. The molecule has 2 atom stereocenters. The predicted molar refractivity (Wildman–Crippen MR) is 143 cm³/mol. The van der Waals surface area contributed by atoms with Crippen LogP contribution in [0.15, 0.2) is 47.0 Å². The molecule has 1 unspecified atom stereocenters. The molecule has 5 rings (SSSR count). The van der Waals surface area contributed by atoms with E-state index in [1.54, 1.807) is 21.9 Å². The van der Waals surface area contributed by atoms with E-state index in [-0.39, 0.29) is 29.3 Å². The number of nitrogens with zero attached hydrogens (tertiary/aromatic N) is 4. The number of hydrogen-bond donors (Lipinski definition) is 3. The topological polar surface area (TPSA) is 116 Å². The van der Waals surface area contributed by atoms with E-state index in [9.17, 15) is 27.2 Å². The van der Waals surface area contributed by atoms with Crippen LogP contribution >= 0.6 is 0 Å². The Morgan fingerprint density at radius 3 is 2.56 bits per heavy atom. The van der Waals surface area contributed by atoms with Crippen molar-refractivity contribution in [2.75, 3.05) is 47.0 Å². The molecule has 2 saturated heterocycles. The molecule has 10 nitrogen and oxygen atoms in total. The molecule has 3 N–H and O–H groups in total. The number of likely N-dealkylation sites (tertiary alicyclic amines) is 1. The van der Waals surface area contributed by atoms with Crippen LogP contribution < -0.4 is 20.9 Å². The number of alkyl halides is 3. The summed E-state index contributed by atoms with van der Waals surface area (Å²) in [5.41, 5.74) is -1.12. The van der Waals surface area contributed by atoms with Gasteiger partial charge in [-0.1, -0.05) is 19.1 Å². The summed E-state index contributed by atoms with van der Waals surface area (Å²) in [5, 5.41) is 8.13. The second kappa shape index (κ2) is 11.6. The van der Waals surface area contributed by atoms with Gasteiger partial charge < -0.3 is 30.2 Å². The number of anilines is 4. The Hall–Kier alpha value is -4.36. The number of urea groups is 1. The quantitative estimate of drug-likeness (QED) is 0.336.